The van der Waals surface area contributed by atoms with Crippen LogP contribution in [0.15, 0.2) is 48.8 Å². The lowest BCUT2D eigenvalue weighted by Crippen LogP contribution is -2.13. The molecule has 248 valence electrons. The van der Waals surface area contributed by atoms with E-state index in [1.165, 1.54) is 0 Å². The Balaban J connectivity index is 0.000000564. The average molecular weight is 643 g/mol. The lowest BCUT2D eigenvalue weighted by atomic mass is 9.92. The first kappa shape index (κ1) is 35.0. The Hall–Kier alpha value is -4.83. The van der Waals surface area contributed by atoms with E-state index in [2.05, 4.69) is 31.0 Å². The van der Waals surface area contributed by atoms with Gasteiger partial charge in [-0.15, -0.1) is 0 Å². The van der Waals surface area contributed by atoms with Gasteiger partial charge in [-0.05, 0) is 95.7 Å². The summed E-state index contributed by atoms with van der Waals surface area (Å²) in [5, 5.41) is 20.5. The molecule has 2 N–H and O–H groups in total. The highest BCUT2D eigenvalue weighted by molar-refractivity contribution is 5.80. The third-order valence-electron chi connectivity index (χ3n) is 7.79. The van der Waals surface area contributed by atoms with Crippen LogP contribution in [0.4, 0.5) is 4.39 Å². The largest absolute Gasteiger partial charge is 0.496 e. The van der Waals surface area contributed by atoms with Crippen LogP contribution in [0.1, 0.15) is 62.1 Å². The Morgan fingerprint density at radius 3 is 2.43 bits per heavy atom. The first-order chi connectivity index (χ1) is 22.3. The van der Waals surface area contributed by atoms with E-state index in [4.69, 9.17) is 34.6 Å². The number of hydrogen-bond acceptors (Lipinski definition) is 7. The number of methoxy groups -OCH3 is 1. The number of hydrogen-bond donors (Lipinski definition) is 2. The number of carboxylic acid groups (broad SMARTS) is 1. The summed E-state index contributed by atoms with van der Waals surface area (Å²) in [4.78, 5) is 17.6. The standard InChI is InChI=1S/C32H31FN4O2.C4H10O.CH2O2/c1-6-23-20(4)35-32-19(3)29(22-10-7-9-21(15-22)26-17-34-13-12-28(26)38-5)36-37(32)30(23)25-16-27(33)31-24(18(25)2)11-8-14-39-31;1-4(2,3)5;2-1-3/h7,9-10,12-13,15-17H,6,8,11,14H2,1-5H3;5H,1-3H3;1H,(H,2,3). The molecule has 4 heterocycles. The van der Waals surface area contributed by atoms with Crippen LogP contribution in [0, 0.1) is 26.6 Å². The van der Waals surface area contributed by atoms with Crippen molar-refractivity contribution in [3.05, 3.63) is 82.6 Å². The number of aromatic nitrogens is 4. The van der Waals surface area contributed by atoms with Crippen LogP contribution >= 0.6 is 0 Å². The molecular formula is C37H43FN4O5. The summed E-state index contributed by atoms with van der Waals surface area (Å²) >= 11 is 0. The Labute approximate surface area is 275 Å². The number of pyridine rings is 1. The molecule has 0 aliphatic carbocycles. The summed E-state index contributed by atoms with van der Waals surface area (Å²) in [7, 11) is 1.66. The van der Waals surface area contributed by atoms with Crippen LogP contribution in [0.3, 0.4) is 0 Å². The zero-order valence-electron chi connectivity index (χ0n) is 28.3. The molecule has 5 aromatic rings. The van der Waals surface area contributed by atoms with Crippen molar-refractivity contribution in [3.8, 4) is 45.1 Å². The fraction of sp³-hybridized carbons (Fsp3) is 0.351. The summed E-state index contributed by atoms with van der Waals surface area (Å²) < 4.78 is 28.6. The monoisotopic (exact) mass is 642 g/mol. The van der Waals surface area contributed by atoms with Gasteiger partial charge in [0.15, 0.2) is 17.2 Å². The number of rotatable bonds is 5. The molecule has 0 saturated carbocycles. The van der Waals surface area contributed by atoms with Gasteiger partial charge in [-0.3, -0.25) is 9.78 Å². The average Bonchev–Trinajstić information content (AvgIpc) is 3.37. The van der Waals surface area contributed by atoms with Gasteiger partial charge >= 0.3 is 0 Å². The highest BCUT2D eigenvalue weighted by Crippen LogP contribution is 2.40. The van der Waals surface area contributed by atoms with Crippen LogP contribution in [0.5, 0.6) is 11.5 Å². The molecule has 0 unspecified atom stereocenters. The number of nitrogens with zero attached hydrogens (tertiary/aromatic N) is 4. The second-order valence-corrected chi connectivity index (χ2v) is 12.3. The molecule has 0 amide bonds. The second-order valence-electron chi connectivity index (χ2n) is 12.3. The third kappa shape index (κ3) is 7.60. The SMILES string of the molecule is CC(C)(C)O.CCc1c(C)nc2c(C)c(-c3cccc(-c4cnccc4OC)c3)nn2c1-c1cc(F)c2c(c1C)CCCO2.O=CO. The van der Waals surface area contributed by atoms with Crippen molar-refractivity contribution < 1.29 is 28.9 Å². The third-order valence-corrected chi connectivity index (χ3v) is 7.79. The summed E-state index contributed by atoms with van der Waals surface area (Å²) in [5.41, 5.74) is 10.6. The molecule has 0 bridgehead atoms. The van der Waals surface area contributed by atoms with Crippen molar-refractivity contribution in [2.24, 2.45) is 0 Å². The molecule has 0 atom stereocenters. The summed E-state index contributed by atoms with van der Waals surface area (Å²) in [5.74, 6) is 0.828. The van der Waals surface area contributed by atoms with Crippen molar-refractivity contribution in [2.45, 2.75) is 73.3 Å². The molecular weight excluding hydrogens is 599 g/mol. The van der Waals surface area contributed by atoms with Crippen molar-refractivity contribution in [1.29, 1.82) is 0 Å². The summed E-state index contributed by atoms with van der Waals surface area (Å²) in [6, 6.07) is 11.7. The molecule has 0 radical (unpaired) electrons. The number of ether oxygens (including phenoxy) is 2. The fourth-order valence-corrected chi connectivity index (χ4v) is 5.79. The van der Waals surface area contributed by atoms with Crippen LogP contribution in [-0.2, 0) is 17.6 Å². The summed E-state index contributed by atoms with van der Waals surface area (Å²) in [6.07, 6.45) is 5.96. The zero-order valence-corrected chi connectivity index (χ0v) is 28.3. The Morgan fingerprint density at radius 2 is 1.77 bits per heavy atom. The Kier molecular flexibility index (Phi) is 11.0. The predicted molar refractivity (Wildman–Crippen MR) is 182 cm³/mol. The minimum atomic E-state index is -0.500. The number of benzene rings is 2. The van der Waals surface area contributed by atoms with Crippen LogP contribution < -0.4 is 9.47 Å². The van der Waals surface area contributed by atoms with Gasteiger partial charge in [-0.25, -0.2) is 13.9 Å². The van der Waals surface area contributed by atoms with Crippen molar-refractivity contribution in [2.75, 3.05) is 13.7 Å². The summed E-state index contributed by atoms with van der Waals surface area (Å²) in [6.45, 7) is 13.8. The van der Waals surface area contributed by atoms with E-state index in [0.717, 1.165) is 92.2 Å². The van der Waals surface area contributed by atoms with Gasteiger partial charge in [0.2, 0.25) is 0 Å². The molecule has 9 nitrogen and oxygen atoms in total. The maximum absolute atomic E-state index is 15.4. The molecule has 0 spiro atoms. The molecule has 3 aromatic heterocycles. The predicted octanol–water partition coefficient (Wildman–Crippen LogP) is 7.56. The van der Waals surface area contributed by atoms with Gasteiger partial charge < -0.3 is 19.7 Å². The van der Waals surface area contributed by atoms with E-state index in [0.29, 0.717) is 12.4 Å². The molecule has 6 rings (SSSR count). The topological polar surface area (TPSA) is 119 Å². The van der Waals surface area contributed by atoms with Gasteiger partial charge in [-0.1, -0.05) is 25.1 Å². The van der Waals surface area contributed by atoms with Gasteiger partial charge in [0.1, 0.15) is 5.75 Å². The lowest BCUT2D eigenvalue weighted by molar-refractivity contribution is -0.122. The molecule has 1 aliphatic heterocycles. The van der Waals surface area contributed by atoms with Crippen LogP contribution in [0.2, 0.25) is 0 Å². The Bertz CT molecular complexity index is 1890. The van der Waals surface area contributed by atoms with Gasteiger partial charge in [0, 0.05) is 45.9 Å². The Morgan fingerprint density at radius 1 is 1.09 bits per heavy atom. The molecule has 0 fully saturated rings. The van der Waals surface area contributed by atoms with Crippen molar-refractivity contribution in [3.63, 3.8) is 0 Å². The minimum absolute atomic E-state index is 0.250. The van der Waals surface area contributed by atoms with Gasteiger partial charge in [0.05, 0.1) is 30.7 Å². The van der Waals surface area contributed by atoms with E-state index in [1.807, 2.05) is 42.8 Å². The second kappa shape index (κ2) is 14.7. The van der Waals surface area contributed by atoms with Crippen molar-refractivity contribution in [1.82, 2.24) is 19.6 Å². The lowest BCUT2D eigenvalue weighted by Gasteiger charge is -2.23. The number of carbonyl (C=O) groups is 1. The first-order valence-corrected chi connectivity index (χ1v) is 15.6. The van der Waals surface area contributed by atoms with Crippen LogP contribution in [-0.4, -0.2) is 55.6 Å². The molecule has 1 aliphatic rings. The van der Waals surface area contributed by atoms with Gasteiger partial charge in [-0.2, -0.15) is 5.10 Å². The van der Waals surface area contributed by atoms with Gasteiger partial charge in [0.25, 0.3) is 6.47 Å². The number of aryl methyl sites for hydroxylation is 2. The first-order valence-electron chi connectivity index (χ1n) is 15.6. The smallest absolute Gasteiger partial charge is 0.290 e. The zero-order chi connectivity index (χ0) is 34.5. The normalized spacial score (nSPS) is 12.2. The number of fused-ring (bicyclic) bond motifs is 2. The van der Waals surface area contributed by atoms with E-state index in [1.54, 1.807) is 40.1 Å². The highest BCUT2D eigenvalue weighted by Gasteiger charge is 2.26. The molecule has 10 heteroatoms. The quantitative estimate of drug-likeness (QED) is 0.189. The highest BCUT2D eigenvalue weighted by atomic mass is 19.1. The number of halogens is 1. The molecule has 47 heavy (non-hydrogen) atoms. The van der Waals surface area contributed by atoms with E-state index >= 15 is 4.39 Å². The maximum Gasteiger partial charge on any atom is 0.290 e. The van der Waals surface area contributed by atoms with E-state index in [9.17, 15) is 0 Å². The number of aliphatic hydroxyl groups is 1. The minimum Gasteiger partial charge on any atom is -0.496 e. The molecule has 2 aromatic carbocycles. The van der Waals surface area contributed by atoms with E-state index in [-0.39, 0.29) is 12.3 Å². The maximum atomic E-state index is 15.4. The van der Waals surface area contributed by atoms with Crippen molar-refractivity contribution >= 4 is 12.1 Å². The van der Waals surface area contributed by atoms with E-state index < -0.39 is 5.60 Å². The van der Waals surface area contributed by atoms with Crippen LogP contribution in [0.25, 0.3) is 39.3 Å². The fourth-order valence-electron chi connectivity index (χ4n) is 5.79. The molecule has 0 saturated heterocycles.